The molecule has 0 spiro atoms. The molecule has 0 saturated carbocycles. The maximum absolute atomic E-state index is 12.1. The summed E-state index contributed by atoms with van der Waals surface area (Å²) in [7, 11) is 3.04. The van der Waals surface area contributed by atoms with Crippen LogP contribution in [0, 0.1) is 0 Å². The molecule has 1 fully saturated rings. The number of esters is 1. The molecule has 0 radical (unpaired) electrons. The van der Waals surface area contributed by atoms with Gasteiger partial charge in [0.25, 0.3) is 5.56 Å². The number of rotatable bonds is 3. The molecule has 0 amide bonds. The van der Waals surface area contributed by atoms with E-state index in [0.717, 1.165) is 17.4 Å². The Morgan fingerprint density at radius 2 is 2.00 bits per heavy atom. The van der Waals surface area contributed by atoms with E-state index in [2.05, 4.69) is 0 Å². The summed E-state index contributed by atoms with van der Waals surface area (Å²) in [4.78, 5) is 37.8. The topological polar surface area (TPSA) is 73.5 Å². The first-order valence-electron chi connectivity index (χ1n) is 7.17. The normalized spacial score (nSPS) is 18.6. The van der Waals surface area contributed by atoms with E-state index in [1.165, 1.54) is 17.7 Å². The highest BCUT2D eigenvalue weighted by Crippen LogP contribution is 2.23. The lowest BCUT2D eigenvalue weighted by Gasteiger charge is -2.36. The van der Waals surface area contributed by atoms with Gasteiger partial charge >= 0.3 is 11.7 Å². The van der Waals surface area contributed by atoms with Crippen molar-refractivity contribution in [2.75, 3.05) is 18.1 Å². The fourth-order valence-corrected chi connectivity index (χ4v) is 2.69. The van der Waals surface area contributed by atoms with Crippen LogP contribution in [0.15, 0.2) is 15.7 Å². The molecule has 0 unspecified atom stereocenters. The highest BCUT2D eigenvalue weighted by Gasteiger charge is 2.31. The van der Waals surface area contributed by atoms with Gasteiger partial charge in [-0.2, -0.15) is 0 Å². The predicted molar refractivity (Wildman–Crippen MR) is 78.5 cm³/mol. The summed E-state index contributed by atoms with van der Waals surface area (Å²) in [5.41, 5.74) is -0.771. The number of piperidine rings is 1. The minimum atomic E-state index is -0.434. The Bertz CT molecular complexity index is 647. The lowest BCUT2D eigenvalue weighted by Crippen LogP contribution is -2.49. The summed E-state index contributed by atoms with van der Waals surface area (Å²) < 4.78 is 7.56. The number of aromatic nitrogens is 2. The molecule has 2 heterocycles. The summed E-state index contributed by atoms with van der Waals surface area (Å²) >= 11 is 0. The van der Waals surface area contributed by atoms with E-state index in [0.29, 0.717) is 25.4 Å². The van der Waals surface area contributed by atoms with Gasteiger partial charge in [-0.15, -0.1) is 0 Å². The van der Waals surface area contributed by atoms with Crippen LogP contribution < -0.4 is 16.1 Å². The summed E-state index contributed by atoms with van der Waals surface area (Å²) in [6, 6.07) is 0.968. The second-order valence-corrected chi connectivity index (χ2v) is 5.20. The molecule has 0 aromatic carbocycles. The fourth-order valence-electron chi connectivity index (χ4n) is 2.69. The van der Waals surface area contributed by atoms with Gasteiger partial charge in [0.1, 0.15) is 11.9 Å². The molecule has 21 heavy (non-hydrogen) atoms. The molecule has 2 rings (SSSR count). The third-order valence-corrected chi connectivity index (χ3v) is 3.86. The molecule has 1 saturated heterocycles. The van der Waals surface area contributed by atoms with Crippen molar-refractivity contribution in [3.05, 3.63) is 26.9 Å². The quantitative estimate of drug-likeness (QED) is 0.734. The number of nitrogens with zero attached hydrogens (tertiary/aromatic N) is 3. The molecule has 7 nitrogen and oxygen atoms in total. The van der Waals surface area contributed by atoms with Gasteiger partial charge in [-0.1, -0.05) is 0 Å². The average Bonchev–Trinajstić information content (AvgIpc) is 2.49. The molecule has 7 heteroatoms. The monoisotopic (exact) mass is 295 g/mol. The number of carbonyl (C=O) groups excluding carboxylic acids is 1. The molecule has 1 aliphatic heterocycles. The molecular formula is C14H21N3O4. The SMILES string of the molecule is CCOC(=O)[C@H]1CCCCN1c1cc(=O)n(C)c(=O)n1C. The average molecular weight is 295 g/mol. The van der Waals surface area contributed by atoms with Crippen LogP contribution in [0.3, 0.4) is 0 Å². The van der Waals surface area contributed by atoms with Gasteiger partial charge in [0.15, 0.2) is 0 Å². The summed E-state index contributed by atoms with van der Waals surface area (Å²) in [6.07, 6.45) is 2.51. The Kier molecular flexibility index (Phi) is 4.50. The van der Waals surface area contributed by atoms with E-state index in [1.54, 1.807) is 14.0 Å². The van der Waals surface area contributed by atoms with Crippen molar-refractivity contribution >= 4 is 11.8 Å². The van der Waals surface area contributed by atoms with Gasteiger partial charge in [0.05, 0.1) is 6.61 Å². The molecule has 1 aromatic rings. The fraction of sp³-hybridized carbons (Fsp3) is 0.643. The zero-order valence-electron chi connectivity index (χ0n) is 12.7. The number of anilines is 1. The summed E-state index contributed by atoms with van der Waals surface area (Å²) in [5, 5.41) is 0. The lowest BCUT2D eigenvalue weighted by atomic mass is 10.0. The molecule has 1 aromatic heterocycles. The summed E-state index contributed by atoms with van der Waals surface area (Å²) in [6.45, 7) is 2.71. The van der Waals surface area contributed by atoms with Crippen molar-refractivity contribution in [1.29, 1.82) is 0 Å². The molecule has 0 bridgehead atoms. The maximum atomic E-state index is 12.1. The first kappa shape index (κ1) is 15.3. The van der Waals surface area contributed by atoms with Gasteiger partial charge in [-0.25, -0.2) is 9.59 Å². The smallest absolute Gasteiger partial charge is 0.332 e. The summed E-state index contributed by atoms with van der Waals surface area (Å²) in [5.74, 6) is 0.172. The Morgan fingerprint density at radius 3 is 2.67 bits per heavy atom. The first-order chi connectivity index (χ1) is 9.97. The van der Waals surface area contributed by atoms with E-state index >= 15 is 0 Å². The standard InChI is InChI=1S/C14H21N3O4/c1-4-21-13(19)10-7-5-6-8-17(10)11-9-12(18)16(3)14(20)15(11)2/h9-10H,4-8H2,1-3H3/t10-/m1/s1. The minimum absolute atomic E-state index is 0.301. The second kappa shape index (κ2) is 6.15. The van der Waals surface area contributed by atoms with Crippen LogP contribution in [0.2, 0.25) is 0 Å². The number of ether oxygens (including phenoxy) is 1. The molecule has 0 aliphatic carbocycles. The van der Waals surface area contributed by atoms with Crippen molar-refractivity contribution in [2.24, 2.45) is 14.1 Å². The Hall–Kier alpha value is -2.05. The number of carbonyl (C=O) groups is 1. The van der Waals surface area contributed by atoms with Crippen LogP contribution in [0.4, 0.5) is 5.82 Å². The van der Waals surface area contributed by atoms with E-state index in [9.17, 15) is 14.4 Å². The van der Waals surface area contributed by atoms with Gasteiger partial charge in [0.2, 0.25) is 0 Å². The highest BCUT2D eigenvalue weighted by molar-refractivity contribution is 5.80. The number of hydrogen-bond donors (Lipinski definition) is 0. The van der Waals surface area contributed by atoms with Gasteiger partial charge in [-0.05, 0) is 26.2 Å². The molecule has 0 N–H and O–H groups in total. The van der Waals surface area contributed by atoms with E-state index in [1.807, 2.05) is 4.90 Å². The van der Waals surface area contributed by atoms with Crippen molar-refractivity contribution < 1.29 is 9.53 Å². The third-order valence-electron chi connectivity index (χ3n) is 3.86. The van der Waals surface area contributed by atoms with Crippen molar-refractivity contribution in [1.82, 2.24) is 9.13 Å². The lowest BCUT2D eigenvalue weighted by molar-refractivity contribution is -0.145. The molecular weight excluding hydrogens is 274 g/mol. The van der Waals surface area contributed by atoms with Crippen LogP contribution in [0.1, 0.15) is 26.2 Å². The Labute approximate surface area is 122 Å². The minimum Gasteiger partial charge on any atom is -0.464 e. The zero-order valence-corrected chi connectivity index (χ0v) is 12.7. The number of hydrogen-bond acceptors (Lipinski definition) is 5. The molecule has 1 atom stereocenters. The maximum Gasteiger partial charge on any atom is 0.332 e. The largest absolute Gasteiger partial charge is 0.464 e. The van der Waals surface area contributed by atoms with E-state index in [-0.39, 0.29) is 11.5 Å². The van der Waals surface area contributed by atoms with Crippen LogP contribution >= 0.6 is 0 Å². The van der Waals surface area contributed by atoms with E-state index in [4.69, 9.17) is 4.74 Å². The van der Waals surface area contributed by atoms with Crippen molar-refractivity contribution in [3.63, 3.8) is 0 Å². The van der Waals surface area contributed by atoms with Crippen molar-refractivity contribution in [3.8, 4) is 0 Å². The van der Waals surface area contributed by atoms with Crippen LogP contribution in [-0.4, -0.2) is 34.3 Å². The molecule has 116 valence electrons. The van der Waals surface area contributed by atoms with Crippen LogP contribution in [0.25, 0.3) is 0 Å². The second-order valence-electron chi connectivity index (χ2n) is 5.20. The van der Waals surface area contributed by atoms with Crippen molar-refractivity contribution in [2.45, 2.75) is 32.2 Å². The highest BCUT2D eigenvalue weighted by atomic mass is 16.5. The molecule has 1 aliphatic rings. The Morgan fingerprint density at radius 1 is 1.29 bits per heavy atom. The van der Waals surface area contributed by atoms with E-state index < -0.39 is 11.7 Å². The first-order valence-corrected chi connectivity index (χ1v) is 7.17. The Balaban J connectivity index is 2.45. The van der Waals surface area contributed by atoms with Gasteiger partial charge in [0, 0.05) is 26.7 Å². The third kappa shape index (κ3) is 2.86. The van der Waals surface area contributed by atoms with Gasteiger partial charge in [-0.3, -0.25) is 13.9 Å². The van der Waals surface area contributed by atoms with Gasteiger partial charge < -0.3 is 9.64 Å². The predicted octanol–water partition coefficient (Wildman–Crippen LogP) is 0.00600. The van der Waals surface area contributed by atoms with Crippen LogP contribution in [0.5, 0.6) is 0 Å². The van der Waals surface area contributed by atoms with Crippen LogP contribution in [-0.2, 0) is 23.6 Å². The zero-order chi connectivity index (χ0) is 15.6.